The third-order valence-corrected chi connectivity index (χ3v) is 9.53. The van der Waals surface area contributed by atoms with Gasteiger partial charge < -0.3 is 20.3 Å². The second-order valence-electron chi connectivity index (χ2n) is 8.86. The number of aromatic nitrogens is 1. The molecule has 3 heterocycles. The van der Waals surface area contributed by atoms with Gasteiger partial charge in [0.2, 0.25) is 0 Å². The summed E-state index contributed by atoms with van der Waals surface area (Å²) in [6.07, 6.45) is -4.45. The summed E-state index contributed by atoms with van der Waals surface area (Å²) >= 11 is 6.78. The van der Waals surface area contributed by atoms with Crippen molar-refractivity contribution < 1.29 is 31.1 Å². The van der Waals surface area contributed by atoms with Crippen LogP contribution in [0.25, 0.3) is 11.3 Å². The fourth-order valence-electron chi connectivity index (χ4n) is 3.88. The number of sulfone groups is 1. The molecule has 4 rings (SSSR count). The lowest BCUT2D eigenvalue weighted by molar-refractivity contribution is -0.137. The molecule has 1 fully saturated rings. The van der Waals surface area contributed by atoms with Gasteiger partial charge in [0.15, 0.2) is 9.84 Å². The van der Waals surface area contributed by atoms with Crippen molar-refractivity contribution in [1.82, 2.24) is 15.6 Å². The zero-order valence-electron chi connectivity index (χ0n) is 21.1. The molecule has 1 saturated heterocycles. The lowest BCUT2D eigenvalue weighted by Gasteiger charge is -2.28. The number of carbonyl (C=O) groups excluding carboxylic acids is 1. The molecule has 0 saturated carbocycles. The number of hydrogen-bond donors (Lipinski definition) is 2. The molecule has 1 aliphatic heterocycles. The van der Waals surface area contributed by atoms with Crippen molar-refractivity contribution in [2.24, 2.45) is 0 Å². The molecule has 0 spiro atoms. The van der Waals surface area contributed by atoms with Crippen molar-refractivity contribution in [3.63, 3.8) is 0 Å². The molecule has 1 amide bonds. The topological polar surface area (TPSA) is 101 Å². The molecule has 14 heteroatoms. The molecule has 40 heavy (non-hydrogen) atoms. The van der Waals surface area contributed by atoms with E-state index in [-0.39, 0.29) is 28.7 Å². The zero-order chi connectivity index (χ0) is 28.9. The van der Waals surface area contributed by atoms with Gasteiger partial charge in [-0.05, 0) is 42.0 Å². The van der Waals surface area contributed by atoms with Gasteiger partial charge in [0, 0.05) is 31.7 Å². The number of carbonyl (C=O) groups is 1. The van der Waals surface area contributed by atoms with Crippen molar-refractivity contribution in [1.29, 1.82) is 0 Å². The molecular formula is C26H26ClF3N4O4S2. The normalized spacial score (nSPS) is 14.2. The van der Waals surface area contributed by atoms with Crippen molar-refractivity contribution in [2.75, 3.05) is 43.5 Å². The van der Waals surface area contributed by atoms with Crippen LogP contribution in [0, 0.1) is 0 Å². The Morgan fingerprint density at radius 3 is 2.42 bits per heavy atom. The number of morpholine rings is 1. The van der Waals surface area contributed by atoms with Gasteiger partial charge in [-0.15, -0.1) is 11.3 Å². The molecule has 2 N–H and O–H groups in total. The van der Waals surface area contributed by atoms with Crippen molar-refractivity contribution in [3.05, 3.63) is 76.3 Å². The summed E-state index contributed by atoms with van der Waals surface area (Å²) in [6, 6.07) is 11.2. The van der Waals surface area contributed by atoms with E-state index < -0.39 is 27.5 Å². The minimum absolute atomic E-state index is 0.00941. The van der Waals surface area contributed by atoms with E-state index in [1.54, 1.807) is 12.1 Å². The highest BCUT2D eigenvalue weighted by atomic mass is 35.5. The Morgan fingerprint density at radius 1 is 1.10 bits per heavy atom. The Kier molecular flexibility index (Phi) is 9.39. The number of alkyl halides is 3. The van der Waals surface area contributed by atoms with E-state index in [1.165, 1.54) is 24.3 Å². The van der Waals surface area contributed by atoms with Gasteiger partial charge in [0.05, 0.1) is 40.3 Å². The van der Waals surface area contributed by atoms with Gasteiger partial charge in [0.1, 0.15) is 10.0 Å². The lowest BCUT2D eigenvalue weighted by atomic mass is 10.1. The summed E-state index contributed by atoms with van der Waals surface area (Å²) in [5.41, 5.74) is 0.855. The molecule has 0 bridgehead atoms. The first-order valence-electron chi connectivity index (χ1n) is 12.1. The van der Waals surface area contributed by atoms with Crippen LogP contribution < -0.4 is 15.5 Å². The molecule has 0 radical (unpaired) electrons. The largest absolute Gasteiger partial charge is 0.416 e. The summed E-state index contributed by atoms with van der Waals surface area (Å²) in [5.74, 6) is -0.168. The minimum Gasteiger partial charge on any atom is -0.380 e. The number of anilines is 1. The van der Waals surface area contributed by atoms with Crippen LogP contribution in [0.4, 0.5) is 19.0 Å². The molecule has 0 aliphatic carbocycles. The highest BCUT2D eigenvalue weighted by molar-refractivity contribution is 7.93. The molecule has 1 aliphatic rings. The van der Waals surface area contributed by atoms with Gasteiger partial charge >= 0.3 is 6.18 Å². The summed E-state index contributed by atoms with van der Waals surface area (Å²) in [4.78, 5) is 19.3. The Hall–Kier alpha value is -3.13. The number of nitrogens with zero attached hydrogens (tertiary/aromatic N) is 2. The quantitative estimate of drug-likeness (QED) is 0.324. The van der Waals surface area contributed by atoms with Crippen LogP contribution in [0.3, 0.4) is 0 Å². The second kappa shape index (κ2) is 12.6. The van der Waals surface area contributed by atoms with Crippen LogP contribution in [-0.2, 0) is 32.1 Å². The summed E-state index contributed by atoms with van der Waals surface area (Å²) in [5, 5.41) is 5.46. The molecule has 8 nitrogen and oxygen atoms in total. The highest BCUT2D eigenvalue weighted by Crippen LogP contribution is 2.31. The van der Waals surface area contributed by atoms with Crippen molar-refractivity contribution in [2.45, 2.75) is 16.9 Å². The maximum absolute atomic E-state index is 13.0. The SMILES string of the molecule is C=C(NCCS(=O)(=O)c1ccc(Cl)s1)C(=O)NCc1cc(-c2ccc(C(F)(F)F)cc2)nc(N2CCOCC2)c1. The molecule has 3 aromatic rings. The lowest BCUT2D eigenvalue weighted by Crippen LogP contribution is -2.37. The van der Waals surface area contributed by atoms with Gasteiger partial charge in [-0.3, -0.25) is 4.79 Å². The number of hydrogen-bond acceptors (Lipinski definition) is 8. The first-order chi connectivity index (χ1) is 18.9. The monoisotopic (exact) mass is 614 g/mol. The Labute approximate surface area is 238 Å². The predicted molar refractivity (Wildman–Crippen MR) is 148 cm³/mol. The Bertz CT molecular complexity index is 1470. The number of halogens is 4. The standard InChI is InChI=1S/C26H26ClF3N4O4S2/c1-17(31-8-13-40(36,37)24-7-6-22(27)39-24)25(35)32-16-18-14-21(19-2-4-20(5-3-19)26(28,29)30)33-23(15-18)34-9-11-38-12-10-34/h2-7,14-15,31H,1,8-13,16H2,(H,32,35). The molecule has 2 aromatic heterocycles. The zero-order valence-corrected chi connectivity index (χ0v) is 23.5. The fourth-order valence-corrected chi connectivity index (χ4v) is 6.66. The number of nitrogens with one attached hydrogen (secondary N) is 2. The average molecular weight is 615 g/mol. The average Bonchev–Trinajstić information content (AvgIpc) is 3.39. The number of benzene rings is 1. The third-order valence-electron chi connectivity index (χ3n) is 6.01. The van der Waals surface area contributed by atoms with Crippen molar-refractivity contribution in [3.8, 4) is 11.3 Å². The Morgan fingerprint density at radius 2 is 1.80 bits per heavy atom. The number of amides is 1. The third kappa shape index (κ3) is 7.74. The van der Waals surface area contributed by atoms with Crippen LogP contribution in [0.2, 0.25) is 4.34 Å². The first kappa shape index (κ1) is 29.8. The number of ether oxygens (including phenoxy) is 1. The summed E-state index contributed by atoms with van der Waals surface area (Å²) in [7, 11) is -3.56. The van der Waals surface area contributed by atoms with Gasteiger partial charge in [0.25, 0.3) is 5.91 Å². The second-order valence-corrected chi connectivity index (χ2v) is 12.9. The molecule has 214 valence electrons. The van der Waals surface area contributed by atoms with Gasteiger partial charge in [-0.25, -0.2) is 13.4 Å². The summed E-state index contributed by atoms with van der Waals surface area (Å²) in [6.45, 7) is 5.95. The van der Waals surface area contributed by atoms with Gasteiger partial charge in [-0.1, -0.05) is 30.3 Å². The number of thiophene rings is 1. The fraction of sp³-hybridized carbons (Fsp3) is 0.308. The van der Waals surface area contributed by atoms with E-state index in [2.05, 4.69) is 22.2 Å². The number of rotatable bonds is 10. The maximum atomic E-state index is 13.0. The van der Waals surface area contributed by atoms with E-state index >= 15 is 0 Å². The number of pyridine rings is 1. The predicted octanol–water partition coefficient (Wildman–Crippen LogP) is 4.51. The van der Waals surface area contributed by atoms with Crippen molar-refractivity contribution >= 4 is 44.5 Å². The Balaban J connectivity index is 1.42. The molecular weight excluding hydrogens is 589 g/mol. The maximum Gasteiger partial charge on any atom is 0.416 e. The van der Waals surface area contributed by atoms with Crippen LogP contribution in [0.1, 0.15) is 11.1 Å². The molecule has 1 aromatic carbocycles. The van der Waals surface area contributed by atoms with Crippen LogP contribution in [-0.4, -0.2) is 57.9 Å². The smallest absolute Gasteiger partial charge is 0.380 e. The van der Waals surface area contributed by atoms with Crippen LogP contribution in [0.15, 0.2) is 65.0 Å². The van der Waals surface area contributed by atoms with E-state index in [4.69, 9.17) is 16.3 Å². The van der Waals surface area contributed by atoms with E-state index in [0.717, 1.165) is 23.5 Å². The first-order valence-corrected chi connectivity index (χ1v) is 15.0. The van der Waals surface area contributed by atoms with Crippen LogP contribution >= 0.6 is 22.9 Å². The van der Waals surface area contributed by atoms with E-state index in [1.807, 2.05) is 4.90 Å². The van der Waals surface area contributed by atoms with Gasteiger partial charge in [-0.2, -0.15) is 13.2 Å². The molecule has 0 atom stereocenters. The summed E-state index contributed by atoms with van der Waals surface area (Å²) < 4.78 is 69.8. The molecule has 0 unspecified atom stereocenters. The van der Waals surface area contributed by atoms with E-state index in [9.17, 15) is 26.4 Å². The minimum atomic E-state index is -4.45. The van der Waals surface area contributed by atoms with Crippen LogP contribution in [0.5, 0.6) is 0 Å². The van der Waals surface area contributed by atoms with E-state index in [0.29, 0.717) is 53.3 Å². The highest BCUT2D eigenvalue weighted by Gasteiger charge is 2.30.